The van der Waals surface area contributed by atoms with Crippen LogP contribution in [-0.4, -0.2) is 29.1 Å². The second-order valence-corrected chi connectivity index (χ2v) is 4.72. The summed E-state index contributed by atoms with van der Waals surface area (Å²) in [6.07, 6.45) is -4.39. The Hall–Kier alpha value is -1.56. The lowest BCUT2D eigenvalue weighted by atomic mass is 10.1. The summed E-state index contributed by atoms with van der Waals surface area (Å²) in [5, 5.41) is 8.87. The van der Waals surface area contributed by atoms with Crippen molar-refractivity contribution in [2.24, 2.45) is 5.92 Å². The summed E-state index contributed by atoms with van der Waals surface area (Å²) in [6.45, 7) is 4.14. The smallest absolute Gasteiger partial charge is 0.416 e. The zero-order chi connectivity index (χ0) is 15.3. The molecule has 0 aliphatic heterocycles. The van der Waals surface area contributed by atoms with Crippen molar-refractivity contribution < 1.29 is 23.1 Å². The number of carboxylic acids is 1. The molecule has 0 spiro atoms. The molecule has 0 saturated carbocycles. The van der Waals surface area contributed by atoms with Crippen molar-refractivity contribution in [1.29, 1.82) is 0 Å². The van der Waals surface area contributed by atoms with Gasteiger partial charge in [-0.25, -0.2) is 0 Å². The van der Waals surface area contributed by atoms with Crippen LogP contribution in [0.2, 0.25) is 0 Å². The van der Waals surface area contributed by atoms with E-state index in [2.05, 4.69) is 0 Å². The number of benzene rings is 1. The van der Waals surface area contributed by atoms with Gasteiger partial charge in [0.15, 0.2) is 0 Å². The van der Waals surface area contributed by atoms with Crippen LogP contribution in [-0.2, 0) is 17.5 Å². The molecule has 6 heteroatoms. The third kappa shape index (κ3) is 4.52. The minimum atomic E-state index is -4.39. The van der Waals surface area contributed by atoms with Crippen molar-refractivity contribution in [3.63, 3.8) is 0 Å². The highest BCUT2D eigenvalue weighted by molar-refractivity contribution is 5.69. The van der Waals surface area contributed by atoms with E-state index in [1.807, 2.05) is 0 Å². The number of hydrogen-bond acceptors (Lipinski definition) is 2. The largest absolute Gasteiger partial charge is 0.481 e. The normalized spacial score (nSPS) is 13.5. The average molecular weight is 289 g/mol. The van der Waals surface area contributed by atoms with Gasteiger partial charge in [0.1, 0.15) is 0 Å². The van der Waals surface area contributed by atoms with Crippen LogP contribution in [0.15, 0.2) is 24.3 Å². The molecule has 1 aromatic rings. The van der Waals surface area contributed by atoms with Gasteiger partial charge in [0, 0.05) is 13.1 Å². The van der Waals surface area contributed by atoms with Crippen LogP contribution < -0.4 is 0 Å². The summed E-state index contributed by atoms with van der Waals surface area (Å²) < 4.78 is 38.6. The maximum Gasteiger partial charge on any atom is 0.416 e. The van der Waals surface area contributed by atoms with Gasteiger partial charge in [-0.2, -0.15) is 13.2 Å². The van der Waals surface area contributed by atoms with Gasteiger partial charge in [-0.1, -0.05) is 32.0 Å². The molecule has 1 aromatic carbocycles. The monoisotopic (exact) mass is 289 g/mol. The van der Waals surface area contributed by atoms with E-state index in [1.54, 1.807) is 24.8 Å². The van der Waals surface area contributed by atoms with E-state index in [0.29, 0.717) is 6.54 Å². The number of rotatable bonds is 6. The van der Waals surface area contributed by atoms with Gasteiger partial charge in [0.25, 0.3) is 0 Å². The van der Waals surface area contributed by atoms with Crippen molar-refractivity contribution in [1.82, 2.24) is 4.90 Å². The fraction of sp³-hybridized carbons (Fsp3) is 0.500. The molecule has 0 aliphatic carbocycles. The third-order valence-corrected chi connectivity index (χ3v) is 3.12. The number of halogens is 3. The number of nitrogens with zero attached hydrogens (tertiary/aromatic N) is 1. The fourth-order valence-corrected chi connectivity index (χ4v) is 1.95. The summed E-state index contributed by atoms with van der Waals surface area (Å²) in [7, 11) is 0. The van der Waals surface area contributed by atoms with Crippen LogP contribution in [0.1, 0.15) is 25.0 Å². The van der Waals surface area contributed by atoms with Gasteiger partial charge in [0.2, 0.25) is 0 Å². The van der Waals surface area contributed by atoms with E-state index >= 15 is 0 Å². The third-order valence-electron chi connectivity index (χ3n) is 3.12. The zero-order valence-corrected chi connectivity index (χ0v) is 11.4. The molecule has 0 fully saturated rings. The molecule has 1 atom stereocenters. The molecular formula is C14H18F3NO2. The first-order chi connectivity index (χ1) is 9.25. The number of hydrogen-bond donors (Lipinski definition) is 1. The van der Waals surface area contributed by atoms with Gasteiger partial charge in [-0.15, -0.1) is 0 Å². The Morgan fingerprint density at radius 1 is 1.35 bits per heavy atom. The number of aliphatic carboxylic acids is 1. The molecule has 1 rings (SSSR count). The van der Waals surface area contributed by atoms with E-state index in [0.717, 1.165) is 6.07 Å². The first kappa shape index (κ1) is 16.5. The SMILES string of the molecule is CCN(Cc1ccccc1C(F)(F)F)CC(C)C(=O)O. The molecule has 0 aliphatic rings. The summed E-state index contributed by atoms with van der Waals surface area (Å²) in [6, 6.07) is 5.38. The van der Waals surface area contributed by atoms with Crippen molar-refractivity contribution in [2.75, 3.05) is 13.1 Å². The van der Waals surface area contributed by atoms with Gasteiger partial charge in [-0.3, -0.25) is 9.69 Å². The van der Waals surface area contributed by atoms with Gasteiger partial charge in [0.05, 0.1) is 11.5 Å². The second kappa shape index (κ2) is 6.74. The highest BCUT2D eigenvalue weighted by atomic mass is 19.4. The highest BCUT2D eigenvalue weighted by Crippen LogP contribution is 2.32. The minimum Gasteiger partial charge on any atom is -0.481 e. The molecule has 0 radical (unpaired) electrons. The molecule has 1 unspecified atom stereocenters. The lowest BCUT2D eigenvalue weighted by Crippen LogP contribution is -2.32. The fourth-order valence-electron chi connectivity index (χ4n) is 1.95. The van der Waals surface area contributed by atoms with Crippen LogP contribution in [0.3, 0.4) is 0 Å². The Morgan fingerprint density at radius 3 is 2.45 bits per heavy atom. The summed E-state index contributed by atoms with van der Waals surface area (Å²) >= 11 is 0. The predicted octanol–water partition coefficient (Wildman–Crippen LogP) is 3.25. The second-order valence-electron chi connectivity index (χ2n) is 4.72. The molecular weight excluding hydrogens is 271 g/mol. The topological polar surface area (TPSA) is 40.5 Å². The van der Waals surface area contributed by atoms with E-state index in [9.17, 15) is 18.0 Å². The van der Waals surface area contributed by atoms with Crippen LogP contribution >= 0.6 is 0 Å². The summed E-state index contributed by atoms with van der Waals surface area (Å²) in [5.74, 6) is -1.57. The number of carboxylic acid groups (broad SMARTS) is 1. The van der Waals surface area contributed by atoms with Crippen LogP contribution in [0.4, 0.5) is 13.2 Å². The van der Waals surface area contributed by atoms with E-state index in [-0.39, 0.29) is 18.7 Å². The Morgan fingerprint density at radius 2 is 1.95 bits per heavy atom. The van der Waals surface area contributed by atoms with Crippen molar-refractivity contribution in [2.45, 2.75) is 26.6 Å². The van der Waals surface area contributed by atoms with Crippen molar-refractivity contribution >= 4 is 5.97 Å². The maximum absolute atomic E-state index is 12.9. The average Bonchev–Trinajstić information content (AvgIpc) is 2.37. The molecule has 0 heterocycles. The number of carbonyl (C=O) groups is 1. The minimum absolute atomic E-state index is 0.0871. The van der Waals surface area contributed by atoms with E-state index < -0.39 is 23.6 Å². The van der Waals surface area contributed by atoms with E-state index in [1.165, 1.54) is 12.1 Å². The zero-order valence-electron chi connectivity index (χ0n) is 11.4. The summed E-state index contributed by atoms with van der Waals surface area (Å²) in [4.78, 5) is 12.5. The van der Waals surface area contributed by atoms with Crippen LogP contribution in [0.5, 0.6) is 0 Å². The maximum atomic E-state index is 12.9. The Bertz CT molecular complexity index is 460. The first-order valence-corrected chi connectivity index (χ1v) is 6.36. The quantitative estimate of drug-likeness (QED) is 0.874. The Balaban J connectivity index is 2.88. The Kier molecular flexibility index (Phi) is 5.56. The van der Waals surface area contributed by atoms with Gasteiger partial charge in [-0.05, 0) is 18.2 Å². The lowest BCUT2D eigenvalue weighted by Gasteiger charge is -2.24. The first-order valence-electron chi connectivity index (χ1n) is 6.36. The van der Waals surface area contributed by atoms with Crippen LogP contribution in [0.25, 0.3) is 0 Å². The van der Waals surface area contributed by atoms with Gasteiger partial charge >= 0.3 is 12.1 Å². The molecule has 0 amide bonds. The number of alkyl halides is 3. The lowest BCUT2D eigenvalue weighted by molar-refractivity contribution is -0.142. The molecule has 0 bridgehead atoms. The van der Waals surface area contributed by atoms with Crippen molar-refractivity contribution in [3.05, 3.63) is 35.4 Å². The highest BCUT2D eigenvalue weighted by Gasteiger charge is 2.33. The van der Waals surface area contributed by atoms with Crippen molar-refractivity contribution in [3.8, 4) is 0 Å². The predicted molar refractivity (Wildman–Crippen MR) is 69.2 cm³/mol. The molecule has 0 aromatic heterocycles. The molecule has 1 N–H and O–H groups in total. The standard InChI is InChI=1S/C14H18F3NO2/c1-3-18(8-10(2)13(19)20)9-11-6-4-5-7-12(11)14(15,16)17/h4-7,10H,3,8-9H2,1-2H3,(H,19,20). The molecule has 3 nitrogen and oxygen atoms in total. The molecule has 0 saturated heterocycles. The van der Waals surface area contributed by atoms with E-state index in [4.69, 9.17) is 5.11 Å². The molecule has 112 valence electrons. The Labute approximate surface area is 116 Å². The summed E-state index contributed by atoms with van der Waals surface area (Å²) in [5.41, 5.74) is -0.499. The van der Waals surface area contributed by atoms with Gasteiger partial charge < -0.3 is 5.11 Å². The molecule has 20 heavy (non-hydrogen) atoms. The van der Waals surface area contributed by atoms with Crippen LogP contribution in [0, 0.1) is 5.92 Å².